The van der Waals surface area contributed by atoms with Crippen LogP contribution in [0.15, 0.2) is 42.6 Å². The van der Waals surface area contributed by atoms with E-state index in [0.29, 0.717) is 35.9 Å². The van der Waals surface area contributed by atoms with Gasteiger partial charge in [0.2, 0.25) is 0 Å². The number of hydrogen-bond acceptors (Lipinski definition) is 5. The van der Waals surface area contributed by atoms with Gasteiger partial charge in [0, 0.05) is 40.3 Å². The molecule has 1 fully saturated rings. The van der Waals surface area contributed by atoms with Gasteiger partial charge in [-0.15, -0.1) is 0 Å². The molecule has 0 atom stereocenters. The highest BCUT2D eigenvalue weighted by Crippen LogP contribution is 2.28. The number of aliphatic hydroxyl groups is 1. The molecule has 1 heterocycles. The first kappa shape index (κ1) is 22.9. The molecule has 2 aromatic carbocycles. The fourth-order valence-corrected chi connectivity index (χ4v) is 4.62. The zero-order valence-corrected chi connectivity index (χ0v) is 19.1. The number of nitrogens with zero attached hydrogens (tertiary/aromatic N) is 1. The Balaban J connectivity index is 1.62. The van der Waals surface area contributed by atoms with Gasteiger partial charge in [-0.3, -0.25) is 4.79 Å². The number of hydrogen-bond donors (Lipinski definition) is 2. The number of methoxy groups -OCH3 is 2. The van der Waals surface area contributed by atoms with Crippen molar-refractivity contribution in [3.05, 3.63) is 64.8 Å². The van der Waals surface area contributed by atoms with E-state index in [1.54, 1.807) is 19.2 Å². The van der Waals surface area contributed by atoms with Crippen LogP contribution in [0.1, 0.15) is 57.5 Å². The fraction of sp³-hybridized carbons (Fsp3) is 0.385. The smallest absolute Gasteiger partial charge is 0.337 e. The zero-order chi connectivity index (χ0) is 23.4. The standard InChI is InChI=1S/C26H30N2O5/c1-32-24-12-19(26(31)33-2)7-8-20(24)14-28-15-21(16-29)22-10-9-18(11-23(22)28)25(30)27-13-17-5-3-4-6-17/h7-12,15,17,29H,3-6,13-14,16H2,1-2H3,(H,27,30). The maximum Gasteiger partial charge on any atom is 0.337 e. The third-order valence-corrected chi connectivity index (χ3v) is 6.47. The number of aliphatic hydroxyl groups excluding tert-OH is 1. The summed E-state index contributed by atoms with van der Waals surface area (Å²) >= 11 is 0. The molecule has 1 saturated carbocycles. The Morgan fingerprint density at radius 1 is 1.06 bits per heavy atom. The molecule has 0 bridgehead atoms. The number of aromatic nitrogens is 1. The molecule has 1 aromatic heterocycles. The van der Waals surface area contributed by atoms with Gasteiger partial charge in [0.25, 0.3) is 5.91 Å². The number of esters is 1. The van der Waals surface area contributed by atoms with Crippen molar-refractivity contribution in [1.29, 1.82) is 0 Å². The third kappa shape index (κ3) is 4.88. The molecule has 174 valence electrons. The molecule has 0 saturated heterocycles. The van der Waals surface area contributed by atoms with E-state index in [0.717, 1.165) is 22.0 Å². The second-order valence-corrected chi connectivity index (χ2v) is 8.55. The molecule has 2 N–H and O–H groups in total. The van der Waals surface area contributed by atoms with Crippen molar-refractivity contribution in [1.82, 2.24) is 9.88 Å². The minimum absolute atomic E-state index is 0.0814. The lowest BCUT2D eigenvalue weighted by Crippen LogP contribution is -2.28. The Morgan fingerprint density at radius 3 is 2.52 bits per heavy atom. The third-order valence-electron chi connectivity index (χ3n) is 6.47. The molecular formula is C26H30N2O5. The van der Waals surface area contributed by atoms with Crippen molar-refractivity contribution in [3.63, 3.8) is 0 Å². The minimum Gasteiger partial charge on any atom is -0.496 e. The highest BCUT2D eigenvalue weighted by Gasteiger charge is 2.18. The predicted octanol–water partition coefficient (Wildman–Crippen LogP) is 3.90. The van der Waals surface area contributed by atoms with Crippen molar-refractivity contribution in [2.45, 2.75) is 38.8 Å². The average Bonchev–Trinajstić information content (AvgIpc) is 3.49. The van der Waals surface area contributed by atoms with Gasteiger partial charge in [0.05, 0.1) is 32.9 Å². The lowest BCUT2D eigenvalue weighted by Gasteiger charge is -2.13. The molecule has 1 aliphatic carbocycles. The summed E-state index contributed by atoms with van der Waals surface area (Å²) in [5, 5.41) is 13.8. The number of ether oxygens (including phenoxy) is 2. The Kier molecular flexibility index (Phi) is 6.99. The fourth-order valence-electron chi connectivity index (χ4n) is 4.62. The van der Waals surface area contributed by atoms with Crippen LogP contribution < -0.4 is 10.1 Å². The summed E-state index contributed by atoms with van der Waals surface area (Å²) in [6.45, 7) is 1.06. The van der Waals surface area contributed by atoms with Crippen molar-refractivity contribution >= 4 is 22.8 Å². The topological polar surface area (TPSA) is 89.8 Å². The minimum atomic E-state index is -0.429. The van der Waals surface area contributed by atoms with Crippen LogP contribution in [-0.2, 0) is 17.9 Å². The van der Waals surface area contributed by atoms with E-state index < -0.39 is 5.97 Å². The Bertz CT molecular complexity index is 1160. The number of rotatable bonds is 8. The quantitative estimate of drug-likeness (QED) is 0.508. The van der Waals surface area contributed by atoms with Gasteiger partial charge in [-0.1, -0.05) is 25.0 Å². The molecule has 33 heavy (non-hydrogen) atoms. The second-order valence-electron chi connectivity index (χ2n) is 8.55. The summed E-state index contributed by atoms with van der Waals surface area (Å²) in [6, 6.07) is 10.7. The zero-order valence-electron chi connectivity index (χ0n) is 19.1. The van der Waals surface area contributed by atoms with Crippen LogP contribution >= 0.6 is 0 Å². The van der Waals surface area contributed by atoms with Gasteiger partial charge in [-0.2, -0.15) is 0 Å². The highest BCUT2D eigenvalue weighted by atomic mass is 16.5. The normalized spacial score (nSPS) is 13.9. The molecule has 7 nitrogen and oxygen atoms in total. The van der Waals surface area contributed by atoms with Crippen molar-refractivity contribution in [3.8, 4) is 5.75 Å². The summed E-state index contributed by atoms with van der Waals surface area (Å²) in [5.41, 5.74) is 3.51. The van der Waals surface area contributed by atoms with E-state index in [-0.39, 0.29) is 12.5 Å². The first-order valence-electron chi connectivity index (χ1n) is 11.3. The van der Waals surface area contributed by atoms with E-state index in [9.17, 15) is 14.7 Å². The van der Waals surface area contributed by atoms with Crippen LogP contribution in [0.5, 0.6) is 5.75 Å². The molecule has 0 unspecified atom stereocenters. The van der Waals surface area contributed by atoms with E-state index in [1.807, 2.05) is 35.0 Å². The van der Waals surface area contributed by atoms with E-state index in [1.165, 1.54) is 32.8 Å². The molecule has 4 rings (SSSR count). The highest BCUT2D eigenvalue weighted by molar-refractivity contribution is 5.98. The monoisotopic (exact) mass is 450 g/mol. The van der Waals surface area contributed by atoms with Crippen LogP contribution in [0.25, 0.3) is 10.9 Å². The molecule has 1 aliphatic rings. The van der Waals surface area contributed by atoms with Gasteiger partial charge < -0.3 is 24.5 Å². The summed E-state index contributed by atoms with van der Waals surface area (Å²) in [7, 11) is 2.90. The maximum atomic E-state index is 12.8. The molecule has 7 heteroatoms. The maximum absolute atomic E-state index is 12.8. The first-order chi connectivity index (χ1) is 16.0. The number of benzene rings is 2. The Labute approximate surface area is 193 Å². The summed E-state index contributed by atoms with van der Waals surface area (Å²) in [5.74, 6) is 0.628. The molecule has 1 amide bonds. The van der Waals surface area contributed by atoms with Crippen LogP contribution in [0.3, 0.4) is 0 Å². The van der Waals surface area contributed by atoms with Crippen LogP contribution in [0.4, 0.5) is 0 Å². The molecule has 0 aliphatic heterocycles. The van der Waals surface area contributed by atoms with Gasteiger partial charge in [-0.25, -0.2) is 4.79 Å². The van der Waals surface area contributed by atoms with E-state index >= 15 is 0 Å². The van der Waals surface area contributed by atoms with Crippen LogP contribution in [0, 0.1) is 5.92 Å². The average molecular weight is 451 g/mol. The second kappa shape index (κ2) is 10.1. The van der Waals surface area contributed by atoms with Crippen LogP contribution in [-0.4, -0.2) is 42.3 Å². The molecule has 3 aromatic rings. The number of fused-ring (bicyclic) bond motifs is 1. The summed E-state index contributed by atoms with van der Waals surface area (Å²) in [6.07, 6.45) is 6.73. The largest absolute Gasteiger partial charge is 0.496 e. The number of nitrogens with one attached hydrogen (secondary N) is 1. The summed E-state index contributed by atoms with van der Waals surface area (Å²) < 4.78 is 12.3. The molecule has 0 spiro atoms. The lowest BCUT2D eigenvalue weighted by molar-refractivity contribution is 0.0600. The summed E-state index contributed by atoms with van der Waals surface area (Å²) in [4.78, 5) is 24.6. The Hall–Kier alpha value is -3.32. The number of amides is 1. The first-order valence-corrected chi connectivity index (χ1v) is 11.3. The molecule has 0 radical (unpaired) electrons. The SMILES string of the molecule is COC(=O)c1ccc(Cn2cc(CO)c3ccc(C(=O)NCC4CCCC4)cc32)c(OC)c1. The van der Waals surface area contributed by atoms with Gasteiger partial charge in [0.1, 0.15) is 5.75 Å². The Morgan fingerprint density at radius 2 is 1.82 bits per heavy atom. The van der Waals surface area contributed by atoms with Gasteiger partial charge >= 0.3 is 5.97 Å². The molecular weight excluding hydrogens is 420 g/mol. The van der Waals surface area contributed by atoms with E-state index in [4.69, 9.17) is 9.47 Å². The van der Waals surface area contributed by atoms with Gasteiger partial charge in [-0.05, 0) is 43.0 Å². The predicted molar refractivity (Wildman–Crippen MR) is 126 cm³/mol. The van der Waals surface area contributed by atoms with E-state index in [2.05, 4.69) is 5.32 Å². The van der Waals surface area contributed by atoms with Gasteiger partial charge in [0.15, 0.2) is 0 Å². The van der Waals surface area contributed by atoms with Crippen molar-refractivity contribution in [2.75, 3.05) is 20.8 Å². The van der Waals surface area contributed by atoms with Crippen molar-refractivity contribution < 1.29 is 24.2 Å². The number of carbonyl (C=O) groups is 2. The lowest BCUT2D eigenvalue weighted by atomic mass is 10.1. The number of carbonyl (C=O) groups excluding carboxylic acids is 2. The van der Waals surface area contributed by atoms with Crippen LogP contribution in [0.2, 0.25) is 0 Å². The van der Waals surface area contributed by atoms with Crippen molar-refractivity contribution in [2.24, 2.45) is 5.92 Å².